The molecule has 2 bridgehead atoms. The molecule has 0 amide bonds. The quantitative estimate of drug-likeness (QED) is 0.213. The van der Waals surface area contributed by atoms with Gasteiger partial charge in [0.25, 0.3) is 0 Å². The molecule has 5 aliphatic rings. The number of aromatic nitrogens is 6. The van der Waals surface area contributed by atoms with Crippen LogP contribution in [-0.4, -0.2) is 56.1 Å². The SMILES string of the molecule is O=C(O)[C@@H]1[C@@H]2CC[C@@H]([C@@H]3C[C@@H]32)[C@H]1Nc1nc(-c2[nH]nc3ncc(I4CC4)cc23)nc2[nH]ccc12. The molecule has 4 aromatic rings. The van der Waals surface area contributed by atoms with Crippen LogP contribution >= 0.6 is 19.8 Å². The zero-order chi connectivity index (χ0) is 22.6. The van der Waals surface area contributed by atoms with Crippen molar-refractivity contribution < 1.29 is 9.90 Å². The summed E-state index contributed by atoms with van der Waals surface area (Å²) in [4.78, 5) is 29.9. The maximum atomic E-state index is 12.3. The van der Waals surface area contributed by atoms with Crippen LogP contribution in [-0.2, 0) is 4.79 Å². The van der Waals surface area contributed by atoms with Crippen LogP contribution in [0, 0.1) is 33.2 Å². The number of carboxylic acid groups (broad SMARTS) is 1. The molecule has 1 saturated heterocycles. The molecule has 4 aliphatic carbocycles. The minimum absolute atomic E-state index is 0.103. The molecule has 0 spiro atoms. The van der Waals surface area contributed by atoms with E-state index in [1.165, 1.54) is 18.8 Å². The second-order valence-electron chi connectivity index (χ2n) is 10.1. The molecule has 5 heterocycles. The molecule has 4 aromatic heterocycles. The van der Waals surface area contributed by atoms with E-state index >= 15 is 0 Å². The van der Waals surface area contributed by atoms with E-state index in [0.717, 1.165) is 35.0 Å². The topological polar surface area (TPSA) is 132 Å². The van der Waals surface area contributed by atoms with Crippen LogP contribution in [0.1, 0.15) is 19.3 Å². The summed E-state index contributed by atoms with van der Waals surface area (Å²) in [5.41, 5.74) is 2.18. The number of hydrogen-bond donors (Lipinski definition) is 4. The maximum absolute atomic E-state index is 12.3. The molecule has 9 nitrogen and oxygen atoms in total. The average Bonchev–Trinajstić information content (AvgIpc) is 3.76. The Morgan fingerprint density at radius 2 is 1.97 bits per heavy atom. The minimum atomic E-state index is -0.962. The molecule has 4 saturated carbocycles. The summed E-state index contributed by atoms with van der Waals surface area (Å²) in [5.74, 6) is 2.16. The summed E-state index contributed by atoms with van der Waals surface area (Å²) in [5, 5.41) is 23.1. The normalized spacial score (nSPS) is 32.2. The van der Waals surface area contributed by atoms with Crippen LogP contribution in [0.3, 0.4) is 0 Å². The first-order chi connectivity index (χ1) is 16.7. The van der Waals surface area contributed by atoms with Gasteiger partial charge in [0.1, 0.15) is 0 Å². The van der Waals surface area contributed by atoms with Gasteiger partial charge in [-0.2, -0.15) is 0 Å². The first-order valence-electron chi connectivity index (χ1n) is 12.0. The van der Waals surface area contributed by atoms with E-state index in [0.29, 0.717) is 35.0 Å². The van der Waals surface area contributed by atoms with E-state index in [1.54, 1.807) is 0 Å². The van der Waals surface area contributed by atoms with Gasteiger partial charge in [-0.25, -0.2) is 0 Å². The summed E-state index contributed by atoms with van der Waals surface area (Å²) in [6.07, 6.45) is 7.17. The third-order valence-electron chi connectivity index (χ3n) is 8.42. The molecule has 5 fully saturated rings. The second kappa shape index (κ2) is 6.89. The number of pyridine rings is 1. The number of carboxylic acids is 1. The van der Waals surface area contributed by atoms with Crippen molar-refractivity contribution >= 4 is 53.7 Å². The molecule has 4 N–H and O–H groups in total. The summed E-state index contributed by atoms with van der Waals surface area (Å²) < 4.78 is 4.11. The number of rotatable bonds is 5. The van der Waals surface area contributed by atoms with Gasteiger partial charge in [0.2, 0.25) is 0 Å². The van der Waals surface area contributed by atoms with Crippen LogP contribution in [0.5, 0.6) is 0 Å². The number of halogens is 1. The van der Waals surface area contributed by atoms with Gasteiger partial charge in [0.05, 0.1) is 0 Å². The second-order valence-corrected chi connectivity index (χ2v) is 16.1. The van der Waals surface area contributed by atoms with E-state index < -0.39 is 25.8 Å². The zero-order valence-electron chi connectivity index (χ0n) is 18.3. The van der Waals surface area contributed by atoms with Gasteiger partial charge in [-0.3, -0.25) is 0 Å². The number of hydrogen-bond acceptors (Lipinski definition) is 6. The Morgan fingerprint density at radius 3 is 2.82 bits per heavy atom. The van der Waals surface area contributed by atoms with Crippen LogP contribution in [0.2, 0.25) is 0 Å². The number of H-pyrrole nitrogens is 2. The van der Waals surface area contributed by atoms with Crippen molar-refractivity contribution in [3.8, 4) is 11.5 Å². The van der Waals surface area contributed by atoms with E-state index in [2.05, 4.69) is 31.5 Å². The molecular formula is C24H24IN7O2. The Balaban J connectivity index is 1.23. The summed E-state index contributed by atoms with van der Waals surface area (Å²) in [7, 11) is 0. The Bertz CT molecular complexity index is 1480. The number of carbonyl (C=O) groups is 1. The molecule has 9 rings (SSSR count). The van der Waals surface area contributed by atoms with Crippen LogP contribution in [0.15, 0.2) is 24.5 Å². The predicted molar refractivity (Wildman–Crippen MR) is 136 cm³/mol. The predicted octanol–water partition coefficient (Wildman–Crippen LogP) is 3.74. The van der Waals surface area contributed by atoms with E-state index in [-0.39, 0.29) is 17.9 Å². The molecule has 1 aliphatic heterocycles. The van der Waals surface area contributed by atoms with E-state index in [4.69, 9.17) is 9.97 Å². The molecule has 6 atom stereocenters. The Kier molecular flexibility index (Phi) is 3.96. The van der Waals surface area contributed by atoms with E-state index in [1.807, 2.05) is 18.5 Å². The number of nitrogens with zero attached hydrogens (tertiary/aromatic N) is 4. The summed E-state index contributed by atoms with van der Waals surface area (Å²) >= 11 is -0.962. The average molecular weight is 569 g/mol. The van der Waals surface area contributed by atoms with Crippen molar-refractivity contribution in [2.75, 3.05) is 14.2 Å². The zero-order valence-corrected chi connectivity index (χ0v) is 20.5. The summed E-state index contributed by atoms with van der Waals surface area (Å²) in [6, 6.07) is 4.08. The van der Waals surface area contributed by atoms with Gasteiger partial charge in [-0.1, -0.05) is 0 Å². The Labute approximate surface area is 201 Å². The first-order valence-corrected chi connectivity index (χ1v) is 16.1. The van der Waals surface area contributed by atoms with Crippen molar-refractivity contribution in [3.05, 3.63) is 28.1 Å². The molecule has 0 radical (unpaired) electrons. The van der Waals surface area contributed by atoms with Gasteiger partial charge in [-0.15, -0.1) is 0 Å². The molecule has 174 valence electrons. The monoisotopic (exact) mass is 569 g/mol. The van der Waals surface area contributed by atoms with Crippen LogP contribution in [0.25, 0.3) is 33.6 Å². The molecule has 10 heteroatoms. The molecular weight excluding hydrogens is 545 g/mol. The van der Waals surface area contributed by atoms with Gasteiger partial charge in [-0.05, 0) is 0 Å². The molecule has 0 aromatic carbocycles. The van der Waals surface area contributed by atoms with Gasteiger partial charge >= 0.3 is 202 Å². The summed E-state index contributed by atoms with van der Waals surface area (Å²) in [6.45, 7) is 0. The van der Waals surface area contributed by atoms with Crippen molar-refractivity contribution in [2.45, 2.75) is 25.3 Å². The number of aliphatic carboxylic acids is 1. The van der Waals surface area contributed by atoms with Crippen molar-refractivity contribution in [1.82, 2.24) is 30.1 Å². The standard InChI is InChI=1S/C24H24IN7O2/c33-24(34)17-11-1-2-12(15-8-14(11)15)18(17)28-22-13-3-6-26-20(13)29-23(30-22)19-16-7-10(25-4-5-25)9-27-21(16)32-31-19/h3,6-7,9,11-12,14-15,17-18H,1-2,4-5,8H2,(H,33,34)(H,27,31,32)(H2,26,28,29,30)/t11-,12+,14-,15+,17-,18-/m1/s1. The van der Waals surface area contributed by atoms with Crippen LogP contribution < -0.4 is 5.32 Å². The van der Waals surface area contributed by atoms with Crippen LogP contribution in [0.4, 0.5) is 5.82 Å². The Morgan fingerprint density at radius 1 is 1.12 bits per heavy atom. The third-order valence-corrected chi connectivity index (χ3v) is 12.9. The fourth-order valence-corrected chi connectivity index (χ4v) is 10.9. The van der Waals surface area contributed by atoms with E-state index in [9.17, 15) is 9.90 Å². The number of aromatic amines is 2. The number of fused-ring (bicyclic) bond motifs is 4. The van der Waals surface area contributed by atoms with Gasteiger partial charge in [0.15, 0.2) is 0 Å². The number of alkyl halides is 2. The molecule has 0 unspecified atom stereocenters. The molecule has 34 heavy (non-hydrogen) atoms. The fraction of sp³-hybridized carbons (Fsp3) is 0.458. The number of nitrogens with one attached hydrogen (secondary N) is 3. The van der Waals surface area contributed by atoms with Crippen molar-refractivity contribution in [2.24, 2.45) is 29.6 Å². The Hall–Kier alpha value is -2.76. The van der Waals surface area contributed by atoms with Crippen molar-refractivity contribution in [3.63, 3.8) is 0 Å². The van der Waals surface area contributed by atoms with Gasteiger partial charge < -0.3 is 0 Å². The first kappa shape index (κ1) is 19.5. The van der Waals surface area contributed by atoms with Crippen molar-refractivity contribution in [1.29, 1.82) is 0 Å². The third kappa shape index (κ3) is 2.80. The number of anilines is 1. The fourth-order valence-electron chi connectivity index (χ4n) is 6.76. The van der Waals surface area contributed by atoms with Gasteiger partial charge in [0, 0.05) is 0 Å².